The van der Waals surface area contributed by atoms with Crippen LogP contribution >= 0.6 is 12.4 Å². The second kappa shape index (κ2) is 9.63. The van der Waals surface area contributed by atoms with Crippen molar-refractivity contribution >= 4 is 18.3 Å². The molecule has 1 amide bonds. The summed E-state index contributed by atoms with van der Waals surface area (Å²) in [6.07, 6.45) is 3.10. The van der Waals surface area contributed by atoms with Gasteiger partial charge in [-0.3, -0.25) is 4.79 Å². The summed E-state index contributed by atoms with van der Waals surface area (Å²) >= 11 is 0. The Morgan fingerprint density at radius 2 is 2.13 bits per heavy atom. The molecular weight excluding hydrogens is 316 g/mol. The lowest BCUT2D eigenvalue weighted by Crippen LogP contribution is -2.46. The van der Waals surface area contributed by atoms with E-state index in [1.807, 2.05) is 18.2 Å². The fourth-order valence-electron chi connectivity index (χ4n) is 2.89. The fourth-order valence-corrected chi connectivity index (χ4v) is 2.89. The zero-order chi connectivity index (χ0) is 15.9. The van der Waals surface area contributed by atoms with Crippen molar-refractivity contribution < 1.29 is 14.3 Å². The van der Waals surface area contributed by atoms with Gasteiger partial charge in [-0.1, -0.05) is 0 Å². The van der Waals surface area contributed by atoms with Crippen LogP contribution in [0.3, 0.4) is 0 Å². The highest BCUT2D eigenvalue weighted by molar-refractivity contribution is 5.85. The third kappa shape index (κ3) is 5.92. The van der Waals surface area contributed by atoms with Gasteiger partial charge in [0.15, 0.2) is 0 Å². The lowest BCUT2D eigenvalue weighted by molar-refractivity contribution is -0.122. The first-order chi connectivity index (χ1) is 10.6. The van der Waals surface area contributed by atoms with Crippen molar-refractivity contribution in [1.29, 1.82) is 0 Å². The van der Waals surface area contributed by atoms with E-state index in [1.54, 1.807) is 14.2 Å². The number of hydrogen-bond donors (Lipinski definition) is 2. The molecule has 2 atom stereocenters. The van der Waals surface area contributed by atoms with Crippen LogP contribution in [-0.2, 0) is 11.2 Å². The van der Waals surface area contributed by atoms with Crippen molar-refractivity contribution in [2.75, 3.05) is 20.8 Å². The number of ether oxygens (including phenoxy) is 2. The van der Waals surface area contributed by atoms with E-state index in [0.717, 1.165) is 36.4 Å². The van der Waals surface area contributed by atoms with Crippen LogP contribution in [0.2, 0.25) is 0 Å². The Labute approximate surface area is 144 Å². The Morgan fingerprint density at radius 3 is 2.78 bits per heavy atom. The second-order valence-corrected chi connectivity index (χ2v) is 5.82. The molecule has 0 aliphatic carbocycles. The maximum atomic E-state index is 12.1. The number of carbonyl (C=O) groups is 1. The Hall–Kier alpha value is -1.46. The minimum atomic E-state index is 0. The molecule has 2 unspecified atom stereocenters. The molecular formula is C17H27ClN2O3. The number of carbonyl (C=O) groups excluding carboxylic acids is 1. The summed E-state index contributed by atoms with van der Waals surface area (Å²) in [4.78, 5) is 12.1. The van der Waals surface area contributed by atoms with E-state index in [2.05, 4.69) is 17.6 Å². The van der Waals surface area contributed by atoms with Crippen molar-refractivity contribution in [3.8, 4) is 11.5 Å². The molecule has 0 spiro atoms. The minimum Gasteiger partial charge on any atom is -0.497 e. The molecule has 1 fully saturated rings. The Bertz CT molecular complexity index is 511. The largest absolute Gasteiger partial charge is 0.497 e. The molecule has 130 valence electrons. The summed E-state index contributed by atoms with van der Waals surface area (Å²) in [6, 6.07) is 6.42. The highest BCUT2D eigenvalue weighted by Crippen LogP contribution is 2.25. The van der Waals surface area contributed by atoms with E-state index in [9.17, 15) is 4.79 Å². The van der Waals surface area contributed by atoms with Gasteiger partial charge in [0, 0.05) is 18.5 Å². The standard InChI is InChI=1S/C17H26N2O3.ClH/c1-12-10-14(8-9-18-12)19-17(20)7-4-13-11-15(21-2)5-6-16(13)22-3;/h5-6,11-12,14,18H,4,7-10H2,1-3H3,(H,19,20);1H. The Morgan fingerprint density at radius 1 is 1.35 bits per heavy atom. The van der Waals surface area contributed by atoms with Crippen LogP contribution in [-0.4, -0.2) is 38.8 Å². The van der Waals surface area contributed by atoms with Crippen molar-refractivity contribution in [3.05, 3.63) is 23.8 Å². The predicted octanol–water partition coefficient (Wildman–Crippen LogP) is 2.31. The van der Waals surface area contributed by atoms with E-state index in [-0.39, 0.29) is 24.4 Å². The average Bonchev–Trinajstić information content (AvgIpc) is 2.52. The van der Waals surface area contributed by atoms with E-state index in [1.165, 1.54) is 0 Å². The molecule has 1 aromatic rings. The van der Waals surface area contributed by atoms with Crippen LogP contribution in [0.4, 0.5) is 0 Å². The van der Waals surface area contributed by atoms with Crippen molar-refractivity contribution in [2.24, 2.45) is 0 Å². The van der Waals surface area contributed by atoms with Gasteiger partial charge < -0.3 is 20.1 Å². The first kappa shape index (κ1) is 19.6. The monoisotopic (exact) mass is 342 g/mol. The zero-order valence-corrected chi connectivity index (χ0v) is 14.9. The normalized spacial score (nSPS) is 20.3. The molecule has 2 rings (SSSR count). The van der Waals surface area contributed by atoms with E-state index in [0.29, 0.717) is 18.9 Å². The van der Waals surface area contributed by atoms with Crippen molar-refractivity contribution in [2.45, 2.75) is 44.7 Å². The molecule has 0 radical (unpaired) electrons. The molecule has 1 aliphatic heterocycles. The fraction of sp³-hybridized carbons (Fsp3) is 0.588. The first-order valence-corrected chi connectivity index (χ1v) is 7.86. The number of nitrogens with one attached hydrogen (secondary N) is 2. The van der Waals surface area contributed by atoms with Gasteiger partial charge in [0.05, 0.1) is 14.2 Å². The zero-order valence-electron chi connectivity index (χ0n) is 14.1. The Kier molecular flexibility index (Phi) is 8.20. The van der Waals surface area contributed by atoms with Gasteiger partial charge in [0.25, 0.3) is 0 Å². The van der Waals surface area contributed by atoms with Gasteiger partial charge >= 0.3 is 0 Å². The molecule has 2 N–H and O–H groups in total. The van der Waals surface area contributed by atoms with Crippen molar-refractivity contribution in [3.63, 3.8) is 0 Å². The molecule has 1 aliphatic rings. The number of rotatable bonds is 6. The lowest BCUT2D eigenvalue weighted by atomic mass is 10.00. The highest BCUT2D eigenvalue weighted by Gasteiger charge is 2.19. The van der Waals surface area contributed by atoms with Crippen LogP contribution in [0.1, 0.15) is 31.7 Å². The SMILES string of the molecule is COc1ccc(OC)c(CCC(=O)NC2CCNC(C)C2)c1.Cl. The maximum Gasteiger partial charge on any atom is 0.220 e. The summed E-state index contributed by atoms with van der Waals surface area (Å²) in [5, 5.41) is 6.52. The Balaban J connectivity index is 0.00000264. The van der Waals surface area contributed by atoms with Crippen LogP contribution in [0.25, 0.3) is 0 Å². The maximum absolute atomic E-state index is 12.1. The molecule has 23 heavy (non-hydrogen) atoms. The quantitative estimate of drug-likeness (QED) is 0.833. The summed E-state index contributed by atoms with van der Waals surface area (Å²) in [7, 11) is 3.28. The van der Waals surface area contributed by atoms with Crippen LogP contribution in [0.15, 0.2) is 18.2 Å². The summed E-state index contributed by atoms with van der Waals surface area (Å²) in [5.74, 6) is 1.68. The topological polar surface area (TPSA) is 59.6 Å². The van der Waals surface area contributed by atoms with Crippen LogP contribution in [0.5, 0.6) is 11.5 Å². The van der Waals surface area contributed by atoms with Crippen LogP contribution < -0.4 is 20.1 Å². The predicted molar refractivity (Wildman–Crippen MR) is 93.7 cm³/mol. The number of aryl methyl sites for hydroxylation is 1. The lowest BCUT2D eigenvalue weighted by Gasteiger charge is -2.28. The molecule has 5 nitrogen and oxygen atoms in total. The molecule has 1 heterocycles. The third-order valence-electron chi connectivity index (χ3n) is 4.10. The van der Waals surface area contributed by atoms with Crippen LogP contribution in [0, 0.1) is 0 Å². The third-order valence-corrected chi connectivity index (χ3v) is 4.10. The summed E-state index contributed by atoms with van der Waals surface area (Å²) in [5.41, 5.74) is 0.996. The van der Waals surface area contributed by atoms with Gasteiger partial charge in [0.2, 0.25) is 5.91 Å². The molecule has 0 saturated carbocycles. The second-order valence-electron chi connectivity index (χ2n) is 5.82. The van der Waals surface area contributed by atoms with E-state index < -0.39 is 0 Å². The van der Waals surface area contributed by atoms with Gasteiger partial charge in [0.1, 0.15) is 11.5 Å². The summed E-state index contributed by atoms with van der Waals surface area (Å²) < 4.78 is 10.6. The average molecular weight is 343 g/mol. The molecule has 0 aromatic heterocycles. The van der Waals surface area contributed by atoms with E-state index >= 15 is 0 Å². The van der Waals surface area contributed by atoms with Gasteiger partial charge in [-0.2, -0.15) is 0 Å². The molecule has 1 saturated heterocycles. The van der Waals surface area contributed by atoms with Gasteiger partial charge in [-0.05, 0) is 56.5 Å². The number of amides is 1. The smallest absolute Gasteiger partial charge is 0.220 e. The minimum absolute atomic E-state index is 0. The number of methoxy groups -OCH3 is 2. The number of benzene rings is 1. The number of piperidine rings is 1. The molecule has 1 aromatic carbocycles. The van der Waals surface area contributed by atoms with Gasteiger partial charge in [-0.15, -0.1) is 12.4 Å². The number of halogens is 1. The first-order valence-electron chi connectivity index (χ1n) is 7.86. The van der Waals surface area contributed by atoms with E-state index in [4.69, 9.17) is 9.47 Å². The molecule has 0 bridgehead atoms. The number of hydrogen-bond acceptors (Lipinski definition) is 4. The highest BCUT2D eigenvalue weighted by atomic mass is 35.5. The van der Waals surface area contributed by atoms with Crippen molar-refractivity contribution in [1.82, 2.24) is 10.6 Å². The van der Waals surface area contributed by atoms with Gasteiger partial charge in [-0.25, -0.2) is 0 Å². The summed E-state index contributed by atoms with van der Waals surface area (Å²) in [6.45, 7) is 3.12. The molecule has 6 heteroatoms.